The maximum atomic E-state index is 12.6. The second-order valence-corrected chi connectivity index (χ2v) is 9.34. The molecule has 0 aromatic heterocycles. The van der Waals surface area contributed by atoms with Crippen molar-refractivity contribution in [2.24, 2.45) is 0 Å². The molecule has 6 nitrogen and oxygen atoms in total. The number of nitrogens with zero attached hydrogens (tertiary/aromatic N) is 2. The normalized spacial score (nSPS) is 14.7. The number of rotatable bonds is 8. The van der Waals surface area contributed by atoms with Crippen molar-refractivity contribution < 1.29 is 13.2 Å². The minimum Gasteiger partial charge on any atom is -0.375 e. The van der Waals surface area contributed by atoms with Gasteiger partial charge in [-0.2, -0.15) is 4.31 Å². The van der Waals surface area contributed by atoms with Gasteiger partial charge in [-0.05, 0) is 61.2 Å². The lowest BCUT2D eigenvalue weighted by atomic mass is 10.1. The van der Waals surface area contributed by atoms with Crippen molar-refractivity contribution in [1.29, 1.82) is 0 Å². The predicted octanol–water partition coefficient (Wildman–Crippen LogP) is 3.25. The van der Waals surface area contributed by atoms with Crippen LogP contribution in [-0.2, 0) is 16.6 Å². The fraction of sp³-hybridized carbons (Fsp3) is 0.409. The molecule has 2 aromatic rings. The quantitative estimate of drug-likeness (QED) is 0.719. The highest BCUT2D eigenvalue weighted by Crippen LogP contribution is 2.21. The van der Waals surface area contributed by atoms with Gasteiger partial charge in [0.1, 0.15) is 0 Å². The molecule has 0 unspecified atom stereocenters. The molecule has 2 aromatic carbocycles. The molecular formula is C22H29N3O3S. The van der Waals surface area contributed by atoms with Gasteiger partial charge in [0.2, 0.25) is 10.0 Å². The zero-order valence-corrected chi connectivity index (χ0v) is 17.9. The highest BCUT2D eigenvalue weighted by Gasteiger charge is 2.26. The maximum absolute atomic E-state index is 12.6. The van der Waals surface area contributed by atoms with Crippen molar-refractivity contribution in [3.05, 3.63) is 59.7 Å². The van der Waals surface area contributed by atoms with E-state index < -0.39 is 10.0 Å². The highest BCUT2D eigenvalue weighted by atomic mass is 32.2. The molecule has 1 amide bonds. The molecule has 0 atom stereocenters. The van der Waals surface area contributed by atoms with E-state index in [9.17, 15) is 13.2 Å². The Morgan fingerprint density at radius 1 is 1.03 bits per heavy atom. The van der Waals surface area contributed by atoms with Gasteiger partial charge in [0.25, 0.3) is 5.91 Å². The van der Waals surface area contributed by atoms with Crippen molar-refractivity contribution in [3.8, 4) is 0 Å². The van der Waals surface area contributed by atoms with Crippen molar-refractivity contribution in [2.45, 2.75) is 37.6 Å². The Morgan fingerprint density at radius 2 is 1.66 bits per heavy atom. The van der Waals surface area contributed by atoms with E-state index in [1.807, 2.05) is 31.3 Å². The number of benzene rings is 2. The van der Waals surface area contributed by atoms with Crippen molar-refractivity contribution in [3.63, 3.8) is 0 Å². The summed E-state index contributed by atoms with van der Waals surface area (Å²) in [6.45, 7) is 4.63. The summed E-state index contributed by atoms with van der Waals surface area (Å²) >= 11 is 0. The summed E-state index contributed by atoms with van der Waals surface area (Å²) in [7, 11) is -1.37. The SMILES string of the molecule is CCCN(C)c1ccc(C(=O)NCc2ccc(S(=O)(=O)N3CCCC3)cc2)cc1. The number of carbonyl (C=O) groups is 1. The van der Waals surface area contributed by atoms with Gasteiger partial charge < -0.3 is 10.2 Å². The van der Waals surface area contributed by atoms with Crippen molar-refractivity contribution >= 4 is 21.6 Å². The monoisotopic (exact) mass is 415 g/mol. The van der Waals surface area contributed by atoms with Crippen LogP contribution in [0.1, 0.15) is 42.1 Å². The summed E-state index contributed by atoms with van der Waals surface area (Å²) in [5.41, 5.74) is 2.54. The Hall–Kier alpha value is -2.38. The zero-order chi connectivity index (χ0) is 20.9. The Balaban J connectivity index is 1.57. The van der Waals surface area contributed by atoms with Gasteiger partial charge >= 0.3 is 0 Å². The zero-order valence-electron chi connectivity index (χ0n) is 17.1. The number of sulfonamides is 1. The molecule has 1 saturated heterocycles. The van der Waals surface area contributed by atoms with Gasteiger partial charge in [-0.15, -0.1) is 0 Å². The first kappa shape index (κ1) is 21.3. The molecule has 0 bridgehead atoms. The van der Waals surface area contributed by atoms with E-state index in [-0.39, 0.29) is 5.91 Å². The largest absolute Gasteiger partial charge is 0.375 e. The van der Waals surface area contributed by atoms with Crippen LogP contribution in [-0.4, -0.2) is 45.3 Å². The van der Waals surface area contributed by atoms with Crippen LogP contribution < -0.4 is 10.2 Å². The first-order valence-corrected chi connectivity index (χ1v) is 11.5. The maximum Gasteiger partial charge on any atom is 0.251 e. The van der Waals surface area contributed by atoms with Crippen LogP contribution in [0.4, 0.5) is 5.69 Å². The van der Waals surface area contributed by atoms with E-state index in [1.54, 1.807) is 24.3 Å². The van der Waals surface area contributed by atoms with Crippen LogP contribution in [0, 0.1) is 0 Å². The van der Waals surface area contributed by atoms with Gasteiger partial charge in [0, 0.05) is 44.5 Å². The Morgan fingerprint density at radius 3 is 2.24 bits per heavy atom. The molecule has 0 radical (unpaired) electrons. The number of hydrogen-bond donors (Lipinski definition) is 1. The van der Waals surface area contributed by atoms with Gasteiger partial charge in [-0.1, -0.05) is 19.1 Å². The molecular weight excluding hydrogens is 386 g/mol. The molecule has 0 spiro atoms. The molecule has 29 heavy (non-hydrogen) atoms. The summed E-state index contributed by atoms with van der Waals surface area (Å²) in [4.78, 5) is 14.9. The summed E-state index contributed by atoms with van der Waals surface area (Å²) < 4.78 is 26.7. The van der Waals surface area contributed by atoms with E-state index in [0.717, 1.165) is 37.1 Å². The van der Waals surface area contributed by atoms with E-state index in [2.05, 4.69) is 17.1 Å². The van der Waals surface area contributed by atoms with Crippen molar-refractivity contribution in [1.82, 2.24) is 9.62 Å². The average molecular weight is 416 g/mol. The minimum absolute atomic E-state index is 0.150. The second kappa shape index (κ2) is 9.41. The third-order valence-electron chi connectivity index (χ3n) is 5.21. The smallest absolute Gasteiger partial charge is 0.251 e. The number of amides is 1. The highest BCUT2D eigenvalue weighted by molar-refractivity contribution is 7.89. The fourth-order valence-corrected chi connectivity index (χ4v) is 4.99. The van der Waals surface area contributed by atoms with Gasteiger partial charge in [-0.3, -0.25) is 4.79 Å². The summed E-state index contributed by atoms with van der Waals surface area (Å²) in [5.74, 6) is -0.150. The van der Waals surface area contributed by atoms with Gasteiger partial charge in [0.15, 0.2) is 0 Å². The van der Waals surface area contributed by atoms with E-state index in [0.29, 0.717) is 30.1 Å². The molecule has 0 saturated carbocycles. The van der Waals surface area contributed by atoms with Crippen LogP contribution in [0.5, 0.6) is 0 Å². The Labute approximate surface area is 173 Å². The molecule has 7 heteroatoms. The van der Waals surface area contributed by atoms with Gasteiger partial charge in [0.05, 0.1) is 4.90 Å². The second-order valence-electron chi connectivity index (χ2n) is 7.41. The molecule has 1 aliphatic heterocycles. The predicted molar refractivity (Wildman–Crippen MR) is 116 cm³/mol. The first-order valence-electron chi connectivity index (χ1n) is 10.1. The van der Waals surface area contributed by atoms with E-state index in [4.69, 9.17) is 0 Å². The molecule has 1 aliphatic rings. The summed E-state index contributed by atoms with van der Waals surface area (Å²) in [6, 6.07) is 14.3. The Bertz CT molecular complexity index is 919. The first-order chi connectivity index (χ1) is 13.9. The third kappa shape index (κ3) is 5.16. The number of nitrogens with one attached hydrogen (secondary N) is 1. The van der Waals surface area contributed by atoms with Crippen LogP contribution in [0.15, 0.2) is 53.4 Å². The average Bonchev–Trinajstić information content (AvgIpc) is 3.28. The van der Waals surface area contributed by atoms with Crippen LogP contribution in [0.25, 0.3) is 0 Å². The molecule has 1 heterocycles. The topological polar surface area (TPSA) is 69.7 Å². The third-order valence-corrected chi connectivity index (χ3v) is 7.12. The standard InChI is InChI=1S/C22H29N3O3S/c1-3-14-24(2)20-10-8-19(9-11-20)22(26)23-17-18-6-12-21(13-7-18)29(27,28)25-15-4-5-16-25/h6-13H,3-5,14-17H2,1-2H3,(H,23,26). The van der Waals surface area contributed by atoms with Crippen LogP contribution in [0.3, 0.4) is 0 Å². The summed E-state index contributed by atoms with van der Waals surface area (Å²) in [6.07, 6.45) is 2.90. The van der Waals surface area contributed by atoms with Crippen molar-refractivity contribution in [2.75, 3.05) is 31.6 Å². The van der Waals surface area contributed by atoms with E-state index in [1.165, 1.54) is 4.31 Å². The molecule has 0 aliphatic carbocycles. The number of carbonyl (C=O) groups excluding carboxylic acids is 1. The lowest BCUT2D eigenvalue weighted by molar-refractivity contribution is 0.0951. The lowest BCUT2D eigenvalue weighted by Gasteiger charge is -2.18. The summed E-state index contributed by atoms with van der Waals surface area (Å²) in [5, 5.41) is 2.89. The van der Waals surface area contributed by atoms with Crippen LogP contribution >= 0.6 is 0 Å². The van der Waals surface area contributed by atoms with E-state index >= 15 is 0 Å². The minimum atomic E-state index is -3.40. The number of hydrogen-bond acceptors (Lipinski definition) is 4. The number of anilines is 1. The fourth-order valence-electron chi connectivity index (χ4n) is 3.47. The Kier molecular flexibility index (Phi) is 6.92. The molecule has 156 valence electrons. The molecule has 1 fully saturated rings. The van der Waals surface area contributed by atoms with Gasteiger partial charge in [-0.25, -0.2) is 8.42 Å². The van der Waals surface area contributed by atoms with Crippen LogP contribution in [0.2, 0.25) is 0 Å². The molecule has 3 rings (SSSR count). The lowest BCUT2D eigenvalue weighted by Crippen LogP contribution is -2.28. The molecule has 1 N–H and O–H groups in total.